The van der Waals surface area contributed by atoms with Crippen LogP contribution >= 0.6 is 11.6 Å². The lowest BCUT2D eigenvalue weighted by molar-refractivity contribution is -0.144. The molecule has 0 radical (unpaired) electrons. The van der Waals surface area contributed by atoms with Crippen molar-refractivity contribution >= 4 is 29.4 Å². The first kappa shape index (κ1) is 37.3. The Labute approximate surface area is 318 Å². The van der Waals surface area contributed by atoms with Crippen molar-refractivity contribution in [1.82, 2.24) is 9.88 Å². The molecule has 3 atom stereocenters. The average Bonchev–Trinajstić information content (AvgIpc) is 3.36. The van der Waals surface area contributed by atoms with E-state index in [4.69, 9.17) is 25.8 Å². The van der Waals surface area contributed by atoms with Crippen LogP contribution in [0.25, 0.3) is 0 Å². The van der Waals surface area contributed by atoms with E-state index in [0.717, 1.165) is 50.0 Å². The van der Waals surface area contributed by atoms with Gasteiger partial charge in [-0.05, 0) is 149 Å². The molecule has 0 bridgehead atoms. The first-order valence-electron chi connectivity index (χ1n) is 19.4. The summed E-state index contributed by atoms with van der Waals surface area (Å²) in [5, 5.41) is 14.6. The Morgan fingerprint density at radius 1 is 1.09 bits per heavy atom. The molecular weight excluding hydrogens is 690 g/mol. The summed E-state index contributed by atoms with van der Waals surface area (Å²) in [6.45, 7) is 11.7. The molecule has 4 aliphatic rings. The fourth-order valence-corrected chi connectivity index (χ4v) is 9.52. The maximum absolute atomic E-state index is 13.0. The van der Waals surface area contributed by atoms with Crippen molar-refractivity contribution in [3.8, 4) is 11.5 Å². The van der Waals surface area contributed by atoms with Gasteiger partial charge in [0, 0.05) is 28.2 Å². The van der Waals surface area contributed by atoms with Gasteiger partial charge in [0.1, 0.15) is 28.7 Å². The Bertz CT molecular complexity index is 1830. The normalized spacial score (nSPS) is 25.9. The molecule has 9 nitrogen and oxygen atoms in total. The van der Waals surface area contributed by atoms with Gasteiger partial charge in [-0.3, -0.25) is 4.98 Å². The minimum atomic E-state index is -1.10. The maximum atomic E-state index is 13.0. The minimum absolute atomic E-state index is 0.111. The lowest BCUT2D eigenvalue weighted by atomic mass is 9.59. The second-order valence-corrected chi connectivity index (χ2v) is 17.6. The number of anilines is 1. The van der Waals surface area contributed by atoms with Gasteiger partial charge in [-0.25, -0.2) is 9.59 Å². The molecule has 2 N–H and O–H groups in total. The molecular formula is C43H54ClN3O6. The molecule has 3 aromatic rings. The fourth-order valence-electron chi connectivity index (χ4n) is 9.33. The van der Waals surface area contributed by atoms with Gasteiger partial charge in [-0.15, -0.1) is 0 Å². The lowest BCUT2D eigenvalue weighted by Gasteiger charge is -2.47. The predicted octanol–water partition coefficient (Wildman–Crippen LogP) is 9.20. The second kappa shape index (κ2) is 14.7. The summed E-state index contributed by atoms with van der Waals surface area (Å²) < 4.78 is 18.6. The van der Waals surface area contributed by atoms with E-state index in [1.807, 2.05) is 45.2 Å². The van der Waals surface area contributed by atoms with Crippen LogP contribution in [-0.2, 0) is 27.8 Å². The first-order chi connectivity index (χ1) is 25.2. The molecule has 2 aromatic carbocycles. The van der Waals surface area contributed by atoms with Gasteiger partial charge in [0.05, 0.1) is 19.7 Å². The molecule has 3 aliphatic carbocycles. The lowest BCUT2D eigenvalue weighted by Crippen LogP contribution is -2.57. The van der Waals surface area contributed by atoms with Crippen molar-refractivity contribution < 1.29 is 28.9 Å². The zero-order chi connectivity index (χ0) is 37.5. The summed E-state index contributed by atoms with van der Waals surface area (Å²) in [7, 11) is 0. The quantitative estimate of drug-likeness (QED) is 0.212. The van der Waals surface area contributed by atoms with Crippen LogP contribution in [0.1, 0.15) is 108 Å². The minimum Gasteiger partial charge on any atom is -0.493 e. The highest BCUT2D eigenvalue weighted by atomic mass is 35.5. The van der Waals surface area contributed by atoms with Crippen molar-refractivity contribution in [2.45, 2.75) is 121 Å². The Hall–Kier alpha value is -3.98. The van der Waals surface area contributed by atoms with Gasteiger partial charge >= 0.3 is 12.1 Å². The molecule has 2 heterocycles. The van der Waals surface area contributed by atoms with E-state index in [2.05, 4.69) is 42.3 Å². The largest absolute Gasteiger partial charge is 0.493 e. The fraction of sp³-hybridized carbons (Fsp3) is 0.558. The van der Waals surface area contributed by atoms with Gasteiger partial charge in [0.15, 0.2) is 0 Å². The SMILES string of the molecule is C[C@@H](COc1ccnc2c1[C@H](C)CCC2)C[C@@H]1Cc2ccc(OC3CN(C(=O)OC(C)(C)C)C3)cc2C12CCC(Nc1cccc(Cl)c1)(C(=O)O)CC2. The number of amides is 1. The number of nitrogens with one attached hydrogen (secondary N) is 1. The van der Waals surface area contributed by atoms with E-state index in [-0.39, 0.29) is 23.5 Å². The molecule has 1 aromatic heterocycles. The van der Waals surface area contributed by atoms with Crippen LogP contribution in [0.4, 0.5) is 10.5 Å². The molecule has 1 saturated heterocycles. The van der Waals surface area contributed by atoms with Gasteiger partial charge < -0.3 is 29.5 Å². The monoisotopic (exact) mass is 743 g/mol. The van der Waals surface area contributed by atoms with E-state index in [0.29, 0.717) is 55.1 Å². The number of nitrogens with zero attached hydrogens (tertiary/aromatic N) is 2. The number of carbonyl (C=O) groups excluding carboxylic acids is 1. The average molecular weight is 744 g/mol. The van der Waals surface area contributed by atoms with Gasteiger partial charge in [-0.2, -0.15) is 0 Å². The zero-order valence-corrected chi connectivity index (χ0v) is 32.5. The molecule has 53 heavy (non-hydrogen) atoms. The summed E-state index contributed by atoms with van der Waals surface area (Å²) in [6, 6.07) is 15.8. The third-order valence-electron chi connectivity index (χ3n) is 12.1. The Kier molecular flexibility index (Phi) is 10.3. The number of carboxylic acid groups (broad SMARTS) is 1. The van der Waals surface area contributed by atoms with Crippen LogP contribution in [0.2, 0.25) is 5.02 Å². The van der Waals surface area contributed by atoms with Gasteiger partial charge in [0.25, 0.3) is 0 Å². The van der Waals surface area contributed by atoms with Crippen LogP contribution in [0.15, 0.2) is 54.7 Å². The van der Waals surface area contributed by atoms with Crippen molar-refractivity contribution in [2.75, 3.05) is 25.0 Å². The second-order valence-electron chi connectivity index (χ2n) is 17.1. The molecule has 0 unspecified atom stereocenters. The summed E-state index contributed by atoms with van der Waals surface area (Å²) in [5.74, 6) is 1.97. The number of benzene rings is 2. The molecule has 7 rings (SSSR count). The predicted molar refractivity (Wildman–Crippen MR) is 206 cm³/mol. The number of rotatable bonds is 10. The molecule has 2 fully saturated rings. The number of hydrogen-bond acceptors (Lipinski definition) is 7. The number of carboxylic acids is 1. The molecule has 1 aliphatic heterocycles. The highest BCUT2D eigenvalue weighted by Gasteiger charge is 2.54. The van der Waals surface area contributed by atoms with Crippen LogP contribution in [0.5, 0.6) is 11.5 Å². The number of ether oxygens (including phenoxy) is 3. The van der Waals surface area contributed by atoms with Crippen molar-refractivity contribution in [1.29, 1.82) is 0 Å². The number of aliphatic carboxylic acids is 1. The smallest absolute Gasteiger partial charge is 0.410 e. The van der Waals surface area contributed by atoms with Crippen molar-refractivity contribution in [3.05, 3.63) is 82.1 Å². The van der Waals surface area contributed by atoms with Gasteiger partial charge in [-0.1, -0.05) is 37.6 Å². The van der Waals surface area contributed by atoms with Crippen LogP contribution in [0.3, 0.4) is 0 Å². The van der Waals surface area contributed by atoms with E-state index < -0.39 is 17.1 Å². The number of fused-ring (bicyclic) bond motifs is 3. The number of halogens is 1. The number of hydrogen-bond donors (Lipinski definition) is 2. The number of aromatic nitrogens is 1. The van der Waals surface area contributed by atoms with Crippen LogP contribution in [-0.4, -0.2) is 64.0 Å². The third kappa shape index (κ3) is 7.82. The van der Waals surface area contributed by atoms with Crippen LogP contribution in [0, 0.1) is 11.8 Å². The first-order valence-corrected chi connectivity index (χ1v) is 19.8. The van der Waals surface area contributed by atoms with E-state index >= 15 is 0 Å². The topological polar surface area (TPSA) is 110 Å². The summed E-state index contributed by atoms with van der Waals surface area (Å²) >= 11 is 6.29. The standard InChI is InChI=1S/C43H54ClN3O6/c1-27(26-51-37-14-19-45-36-11-6-8-28(2)38(36)37)20-30-21-29-12-13-33(52-34-24-47(25-34)40(50)53-41(3,4)5)23-35(29)42(30)15-17-43(18-16-42,39(48)49)46-32-10-7-9-31(44)22-32/h7,9-10,12-14,19,22-23,27-28,30,34,46H,6,8,11,15-18,20-21,24-26H2,1-5H3,(H,48,49)/t27-,28-,30-,42?,43?/m1/s1. The number of pyridine rings is 1. The van der Waals surface area contributed by atoms with Gasteiger partial charge in [0.2, 0.25) is 0 Å². The maximum Gasteiger partial charge on any atom is 0.410 e. The van der Waals surface area contributed by atoms with E-state index in [1.165, 1.54) is 28.8 Å². The summed E-state index contributed by atoms with van der Waals surface area (Å²) in [4.78, 5) is 31.9. The molecule has 1 saturated carbocycles. The van der Waals surface area contributed by atoms with E-state index in [9.17, 15) is 14.7 Å². The van der Waals surface area contributed by atoms with E-state index in [1.54, 1.807) is 17.0 Å². The molecule has 284 valence electrons. The van der Waals surface area contributed by atoms with Crippen LogP contribution < -0.4 is 14.8 Å². The number of carbonyl (C=O) groups is 2. The Morgan fingerprint density at radius 3 is 2.58 bits per heavy atom. The Balaban J connectivity index is 1.10. The van der Waals surface area contributed by atoms with Crippen molar-refractivity contribution in [2.24, 2.45) is 11.8 Å². The highest BCUT2D eigenvalue weighted by molar-refractivity contribution is 6.30. The zero-order valence-electron chi connectivity index (χ0n) is 31.8. The number of likely N-dealkylation sites (tertiary alicyclic amines) is 1. The number of aryl methyl sites for hydroxylation is 1. The summed E-state index contributed by atoms with van der Waals surface area (Å²) in [5.41, 5.74) is 3.90. The molecule has 10 heteroatoms. The molecule has 1 spiro atoms. The molecule has 1 amide bonds. The highest BCUT2D eigenvalue weighted by Crippen LogP contribution is 2.57. The van der Waals surface area contributed by atoms with Crippen molar-refractivity contribution in [3.63, 3.8) is 0 Å². The Morgan fingerprint density at radius 2 is 1.87 bits per heavy atom. The third-order valence-corrected chi connectivity index (χ3v) is 12.3. The summed E-state index contributed by atoms with van der Waals surface area (Å²) in [6.07, 6.45) is 9.10.